The number of hydrogen-bond acceptors (Lipinski definition) is 3. The minimum atomic E-state index is -0.990. The van der Waals surface area contributed by atoms with Gasteiger partial charge in [-0.3, -0.25) is 0 Å². The fourth-order valence-corrected chi connectivity index (χ4v) is 1.07. The van der Waals surface area contributed by atoms with E-state index in [0.717, 1.165) is 5.76 Å². The lowest BCUT2D eigenvalue weighted by molar-refractivity contribution is 0.0410. The molecule has 1 N–H and O–H groups in total. The Kier molecular flexibility index (Phi) is 3.63. The van der Waals surface area contributed by atoms with Crippen LogP contribution in [0.25, 0.3) is 0 Å². The minimum absolute atomic E-state index is 0.322. The van der Waals surface area contributed by atoms with E-state index in [2.05, 4.69) is 13.8 Å². The Morgan fingerprint density at radius 1 is 1.40 bits per heavy atom. The molecule has 0 aliphatic heterocycles. The van der Waals surface area contributed by atoms with Crippen molar-refractivity contribution < 1.29 is 14.1 Å². The molecule has 0 amide bonds. The predicted molar refractivity (Wildman–Crippen MR) is 61.1 cm³/mol. The third-order valence-corrected chi connectivity index (χ3v) is 2.81. The molecule has 1 rings (SSSR count). The van der Waals surface area contributed by atoms with Crippen LogP contribution in [-0.4, -0.2) is 17.7 Å². The summed E-state index contributed by atoms with van der Waals surface area (Å²) in [5.74, 6) is 1.10. The zero-order valence-electron chi connectivity index (χ0n) is 10.1. The third kappa shape index (κ3) is 3.11. The predicted octanol–water partition coefficient (Wildman–Crippen LogP) is 1.73. The molecule has 0 saturated heterocycles. The number of rotatable bonds is 4. The van der Waals surface area contributed by atoms with Gasteiger partial charge >= 0.3 is 7.12 Å². The average Bonchev–Trinajstić information content (AvgIpc) is 2.50. The van der Waals surface area contributed by atoms with E-state index in [1.165, 1.54) is 0 Å². The van der Waals surface area contributed by atoms with Crippen LogP contribution in [0.3, 0.4) is 0 Å². The van der Waals surface area contributed by atoms with E-state index >= 15 is 0 Å². The summed E-state index contributed by atoms with van der Waals surface area (Å²) < 4.78 is 10.9. The molecule has 1 heterocycles. The van der Waals surface area contributed by atoms with Crippen molar-refractivity contribution in [3.8, 4) is 0 Å². The van der Waals surface area contributed by atoms with Crippen molar-refractivity contribution in [2.45, 2.75) is 40.2 Å². The second-order valence-corrected chi connectivity index (χ2v) is 4.68. The van der Waals surface area contributed by atoms with Crippen LogP contribution in [0.15, 0.2) is 16.5 Å². The van der Waals surface area contributed by atoms with Gasteiger partial charge in [-0.15, -0.1) is 0 Å². The van der Waals surface area contributed by atoms with Crippen LogP contribution in [0.4, 0.5) is 0 Å². The van der Waals surface area contributed by atoms with Crippen LogP contribution >= 0.6 is 0 Å². The minimum Gasteiger partial charge on any atom is -0.470 e. The highest BCUT2D eigenvalue weighted by molar-refractivity contribution is 6.58. The summed E-state index contributed by atoms with van der Waals surface area (Å²) in [4.78, 5) is 0. The molecule has 0 radical (unpaired) electrons. The lowest BCUT2D eigenvalue weighted by atomic mass is 9.83. The molecule has 1 aromatic heterocycles. The molecule has 0 fully saturated rings. The maximum atomic E-state index is 9.80. The van der Waals surface area contributed by atoms with E-state index in [1.54, 1.807) is 6.07 Å². The zero-order valence-corrected chi connectivity index (χ0v) is 10.1. The average molecular weight is 210 g/mol. The van der Waals surface area contributed by atoms with Crippen molar-refractivity contribution in [3.63, 3.8) is 0 Å². The normalized spacial score (nSPS) is 12.2. The van der Waals surface area contributed by atoms with Gasteiger partial charge in [0, 0.05) is 0 Å². The van der Waals surface area contributed by atoms with Gasteiger partial charge in [-0.25, -0.2) is 0 Å². The fraction of sp³-hybridized carbons (Fsp3) is 0.636. The molecule has 0 bridgehead atoms. The molecule has 0 atom stereocenters. The second-order valence-electron chi connectivity index (χ2n) is 4.68. The van der Waals surface area contributed by atoms with Gasteiger partial charge in [0.15, 0.2) is 0 Å². The van der Waals surface area contributed by atoms with Crippen LogP contribution in [0.2, 0.25) is 0 Å². The molecule has 4 heteroatoms. The molecular weight excluding hydrogens is 191 g/mol. The van der Waals surface area contributed by atoms with Gasteiger partial charge in [0.25, 0.3) is 0 Å². The molecule has 1 aromatic rings. The lowest BCUT2D eigenvalue weighted by Crippen LogP contribution is -2.43. The molecule has 0 aromatic carbocycles. The Morgan fingerprint density at radius 2 is 2.00 bits per heavy atom. The van der Waals surface area contributed by atoms with Crippen molar-refractivity contribution in [2.24, 2.45) is 5.92 Å². The van der Waals surface area contributed by atoms with Crippen molar-refractivity contribution in [1.82, 2.24) is 0 Å². The smallest absolute Gasteiger partial charge is 0.470 e. The van der Waals surface area contributed by atoms with Gasteiger partial charge in [0.2, 0.25) is 0 Å². The molecule has 84 valence electrons. The molecule has 15 heavy (non-hydrogen) atoms. The standard InChI is InChI=1S/C11H19BO3/c1-8(2)11(4,5)15-12(13)10-7-6-9(3)14-10/h6-8,13H,1-5H3. The Morgan fingerprint density at radius 3 is 2.40 bits per heavy atom. The molecule has 0 spiro atoms. The Labute approximate surface area is 91.6 Å². The monoisotopic (exact) mass is 210 g/mol. The van der Waals surface area contributed by atoms with E-state index in [0.29, 0.717) is 11.6 Å². The second kappa shape index (κ2) is 4.41. The summed E-state index contributed by atoms with van der Waals surface area (Å²) >= 11 is 0. The van der Waals surface area contributed by atoms with Gasteiger partial charge in [-0.1, -0.05) is 13.8 Å². The van der Waals surface area contributed by atoms with E-state index in [9.17, 15) is 5.02 Å². The summed E-state index contributed by atoms with van der Waals surface area (Å²) in [6, 6.07) is 3.54. The van der Waals surface area contributed by atoms with Crippen LogP contribution in [0.1, 0.15) is 33.5 Å². The number of aryl methyl sites for hydroxylation is 1. The lowest BCUT2D eigenvalue weighted by Gasteiger charge is -2.30. The van der Waals surface area contributed by atoms with Gasteiger partial charge in [0.1, 0.15) is 5.66 Å². The molecule has 0 unspecified atom stereocenters. The zero-order chi connectivity index (χ0) is 11.6. The highest BCUT2D eigenvalue weighted by atomic mass is 16.5. The first-order valence-electron chi connectivity index (χ1n) is 5.25. The first-order valence-corrected chi connectivity index (χ1v) is 5.25. The van der Waals surface area contributed by atoms with Gasteiger partial charge < -0.3 is 14.1 Å². The van der Waals surface area contributed by atoms with Gasteiger partial charge in [-0.2, -0.15) is 0 Å². The van der Waals surface area contributed by atoms with Gasteiger partial charge in [-0.05, 0) is 38.8 Å². The third-order valence-electron chi connectivity index (χ3n) is 2.81. The number of hydrogen-bond donors (Lipinski definition) is 1. The van der Waals surface area contributed by atoms with Crippen molar-refractivity contribution in [2.75, 3.05) is 0 Å². The highest BCUT2D eigenvalue weighted by Crippen LogP contribution is 2.20. The molecule has 0 aliphatic rings. The van der Waals surface area contributed by atoms with Crippen molar-refractivity contribution in [1.29, 1.82) is 0 Å². The van der Waals surface area contributed by atoms with E-state index in [4.69, 9.17) is 9.07 Å². The Balaban J connectivity index is 2.67. The quantitative estimate of drug-likeness (QED) is 0.769. The highest BCUT2D eigenvalue weighted by Gasteiger charge is 2.32. The van der Waals surface area contributed by atoms with Crippen LogP contribution in [0, 0.1) is 12.8 Å². The van der Waals surface area contributed by atoms with E-state index in [1.807, 2.05) is 26.8 Å². The number of furan rings is 1. The van der Waals surface area contributed by atoms with Gasteiger partial charge in [0.05, 0.1) is 11.4 Å². The van der Waals surface area contributed by atoms with E-state index < -0.39 is 7.12 Å². The molecule has 3 nitrogen and oxygen atoms in total. The maximum Gasteiger partial charge on any atom is 0.529 e. The topological polar surface area (TPSA) is 42.6 Å². The Hall–Kier alpha value is -0.735. The summed E-state index contributed by atoms with van der Waals surface area (Å²) in [6.07, 6.45) is 0. The van der Waals surface area contributed by atoms with E-state index in [-0.39, 0.29) is 5.60 Å². The summed E-state index contributed by atoms with van der Waals surface area (Å²) in [6.45, 7) is 9.86. The van der Waals surface area contributed by atoms with Crippen molar-refractivity contribution >= 4 is 12.8 Å². The van der Waals surface area contributed by atoms with Crippen LogP contribution in [0.5, 0.6) is 0 Å². The molecule has 0 saturated carbocycles. The fourth-order valence-electron chi connectivity index (χ4n) is 1.07. The maximum absolute atomic E-state index is 9.80. The largest absolute Gasteiger partial charge is 0.529 e. The Bertz CT molecular complexity index is 317. The first-order chi connectivity index (χ1) is 6.83. The van der Waals surface area contributed by atoms with Crippen LogP contribution in [-0.2, 0) is 4.65 Å². The SMILES string of the molecule is Cc1ccc(B(O)OC(C)(C)C(C)C)o1. The summed E-state index contributed by atoms with van der Waals surface area (Å²) in [5, 5.41) is 9.80. The van der Waals surface area contributed by atoms with Crippen molar-refractivity contribution in [3.05, 3.63) is 17.9 Å². The van der Waals surface area contributed by atoms with Crippen LogP contribution < -0.4 is 5.66 Å². The molecular formula is C11H19BO3. The molecule has 0 aliphatic carbocycles. The summed E-state index contributed by atoms with van der Waals surface area (Å²) in [7, 11) is -0.990. The first kappa shape index (κ1) is 12.3. The summed E-state index contributed by atoms with van der Waals surface area (Å²) in [5.41, 5.74) is 0.0846.